The first-order valence-corrected chi connectivity index (χ1v) is 5.70. The van der Waals surface area contributed by atoms with Gasteiger partial charge >= 0.3 is 6.03 Å². The molecule has 0 radical (unpaired) electrons. The molecule has 0 fully saturated rings. The third kappa shape index (κ3) is 20.4. The minimum Gasteiger partial charge on any atom is -0.508 e. The Kier molecular flexibility index (Phi) is 17.8. The zero-order valence-corrected chi connectivity index (χ0v) is 12.7. The van der Waals surface area contributed by atoms with E-state index in [1.807, 2.05) is 19.6 Å². The molecule has 0 saturated carbocycles. The topological polar surface area (TPSA) is 240 Å². The quantitative estimate of drug-likeness (QED) is 0.329. The largest absolute Gasteiger partial charge is 0.508 e. The minimum absolute atomic E-state index is 0.0417. The van der Waals surface area contributed by atoms with Crippen molar-refractivity contribution in [2.75, 3.05) is 17.2 Å². The first-order chi connectivity index (χ1) is 11.3. The first kappa shape index (κ1) is 25.0. The summed E-state index contributed by atoms with van der Waals surface area (Å²) >= 11 is 0. The molecule has 0 saturated heterocycles. The highest BCUT2D eigenvalue weighted by atomic mass is 16.3. The SMILES string of the molecule is C=O.C=O.NC(N)=O.Nc1nc(N)nc(N)n1.Oc1ccccc1. The van der Waals surface area contributed by atoms with Gasteiger partial charge in [0.05, 0.1) is 0 Å². The Morgan fingerprint density at radius 2 is 1.04 bits per heavy atom. The Labute approximate surface area is 137 Å². The molecule has 0 bridgehead atoms. The van der Waals surface area contributed by atoms with Crippen molar-refractivity contribution in [3.05, 3.63) is 30.3 Å². The Morgan fingerprint density at radius 3 is 1.21 bits per heavy atom. The van der Waals surface area contributed by atoms with Gasteiger partial charge in [-0.05, 0) is 12.1 Å². The number of nitrogens with two attached hydrogens (primary N) is 5. The van der Waals surface area contributed by atoms with Crippen LogP contribution in [0.5, 0.6) is 5.75 Å². The van der Waals surface area contributed by atoms with Crippen LogP contribution in [0, 0.1) is 0 Å². The molecule has 12 heteroatoms. The van der Waals surface area contributed by atoms with Gasteiger partial charge in [0.15, 0.2) is 0 Å². The second kappa shape index (κ2) is 17.1. The number of anilines is 3. The molecule has 12 nitrogen and oxygen atoms in total. The Morgan fingerprint density at radius 1 is 0.792 bits per heavy atom. The van der Waals surface area contributed by atoms with E-state index in [9.17, 15) is 0 Å². The van der Waals surface area contributed by atoms with Crippen molar-refractivity contribution in [2.24, 2.45) is 11.5 Å². The maximum atomic E-state index is 9.00. The van der Waals surface area contributed by atoms with E-state index in [0.29, 0.717) is 5.75 Å². The highest BCUT2D eigenvalue weighted by molar-refractivity contribution is 5.69. The number of aromatic nitrogens is 3. The minimum atomic E-state index is -0.833. The number of carbonyl (C=O) groups excluding carboxylic acids is 3. The molecule has 2 rings (SSSR count). The summed E-state index contributed by atoms with van der Waals surface area (Å²) in [7, 11) is 0. The monoisotopic (exact) mass is 340 g/mol. The van der Waals surface area contributed by atoms with Gasteiger partial charge in [0, 0.05) is 0 Å². The van der Waals surface area contributed by atoms with Crippen molar-refractivity contribution < 1.29 is 19.5 Å². The number of para-hydroxylation sites is 1. The second-order valence-corrected chi connectivity index (χ2v) is 3.15. The van der Waals surface area contributed by atoms with Crippen molar-refractivity contribution in [2.45, 2.75) is 0 Å². The maximum absolute atomic E-state index is 9.00. The summed E-state index contributed by atoms with van der Waals surface area (Å²) < 4.78 is 0. The number of phenolic OH excluding ortho intramolecular Hbond substituents is 1. The fourth-order valence-electron chi connectivity index (χ4n) is 0.855. The van der Waals surface area contributed by atoms with Crippen LogP contribution in [0.25, 0.3) is 0 Å². The summed E-state index contributed by atoms with van der Waals surface area (Å²) in [6, 6.07) is 7.88. The predicted molar refractivity (Wildman–Crippen MR) is 89.2 cm³/mol. The normalized spacial score (nSPS) is 7.33. The number of urea groups is 1. The van der Waals surface area contributed by atoms with Crippen LogP contribution < -0.4 is 28.7 Å². The second-order valence-electron chi connectivity index (χ2n) is 3.15. The molecule has 132 valence electrons. The number of hydrogen-bond donors (Lipinski definition) is 6. The number of phenols is 1. The van der Waals surface area contributed by atoms with Crippen LogP contribution in [-0.4, -0.2) is 39.7 Å². The molecular weight excluding hydrogens is 320 g/mol. The molecular formula is C12H20N8O4. The van der Waals surface area contributed by atoms with E-state index in [2.05, 4.69) is 26.4 Å². The lowest BCUT2D eigenvalue weighted by Crippen LogP contribution is -2.18. The molecule has 2 amide bonds. The lowest BCUT2D eigenvalue weighted by atomic mass is 10.3. The zero-order valence-electron chi connectivity index (χ0n) is 12.7. The van der Waals surface area contributed by atoms with Crippen LogP contribution >= 0.6 is 0 Å². The van der Waals surface area contributed by atoms with Gasteiger partial charge in [0.1, 0.15) is 19.3 Å². The summed E-state index contributed by atoms with van der Waals surface area (Å²) in [5.41, 5.74) is 23.9. The number of rotatable bonds is 0. The number of benzene rings is 1. The fraction of sp³-hybridized carbons (Fsp3) is 0. The summed E-state index contributed by atoms with van der Waals surface area (Å²) in [6.07, 6.45) is 0. The molecule has 0 aliphatic carbocycles. The molecule has 0 spiro atoms. The van der Waals surface area contributed by atoms with Crippen molar-refractivity contribution in [1.29, 1.82) is 0 Å². The Balaban J connectivity index is -0.000000263. The molecule has 0 unspecified atom stereocenters. The van der Waals surface area contributed by atoms with Crippen LogP contribution in [0.1, 0.15) is 0 Å². The number of amides is 2. The van der Waals surface area contributed by atoms with Crippen LogP contribution in [0.15, 0.2) is 30.3 Å². The van der Waals surface area contributed by atoms with E-state index in [0.717, 1.165) is 0 Å². The highest BCUT2D eigenvalue weighted by Crippen LogP contribution is 2.02. The van der Waals surface area contributed by atoms with Crippen LogP contribution in [-0.2, 0) is 9.59 Å². The van der Waals surface area contributed by atoms with E-state index in [1.54, 1.807) is 24.3 Å². The Hall–Kier alpha value is -3.96. The Bertz CT molecular complexity index is 514. The van der Waals surface area contributed by atoms with Gasteiger partial charge in [0.25, 0.3) is 0 Å². The van der Waals surface area contributed by atoms with Gasteiger partial charge in [-0.3, -0.25) is 0 Å². The maximum Gasteiger partial charge on any atom is 0.309 e. The van der Waals surface area contributed by atoms with E-state index in [1.165, 1.54) is 0 Å². The highest BCUT2D eigenvalue weighted by Gasteiger charge is 1.93. The average molecular weight is 340 g/mol. The molecule has 24 heavy (non-hydrogen) atoms. The molecule has 0 aliphatic heterocycles. The van der Waals surface area contributed by atoms with E-state index >= 15 is 0 Å². The molecule has 1 heterocycles. The van der Waals surface area contributed by atoms with Gasteiger partial charge in [-0.15, -0.1) is 0 Å². The third-order valence-corrected chi connectivity index (χ3v) is 1.44. The van der Waals surface area contributed by atoms with Gasteiger partial charge in [-0.1, -0.05) is 18.2 Å². The fourth-order valence-corrected chi connectivity index (χ4v) is 0.855. The van der Waals surface area contributed by atoms with E-state index in [4.69, 9.17) is 36.7 Å². The summed E-state index contributed by atoms with van der Waals surface area (Å²) in [6.45, 7) is 4.00. The van der Waals surface area contributed by atoms with Crippen molar-refractivity contribution in [3.8, 4) is 5.75 Å². The molecule has 1 aromatic heterocycles. The molecule has 1 aromatic carbocycles. The number of primary amides is 2. The average Bonchev–Trinajstić information content (AvgIpc) is 2.51. The van der Waals surface area contributed by atoms with Crippen LogP contribution in [0.3, 0.4) is 0 Å². The van der Waals surface area contributed by atoms with Crippen molar-refractivity contribution in [3.63, 3.8) is 0 Å². The number of aromatic hydroxyl groups is 1. The zero-order chi connectivity index (χ0) is 19.5. The number of carbonyl (C=O) groups is 3. The van der Waals surface area contributed by atoms with Gasteiger partial charge in [-0.25, -0.2) is 4.79 Å². The molecule has 0 atom stereocenters. The molecule has 2 aromatic rings. The third-order valence-electron chi connectivity index (χ3n) is 1.44. The predicted octanol–water partition coefficient (Wildman–Crippen LogP) is -1.34. The van der Waals surface area contributed by atoms with E-state index in [-0.39, 0.29) is 17.8 Å². The lowest BCUT2D eigenvalue weighted by Gasteiger charge is -1.93. The summed E-state index contributed by atoms with van der Waals surface area (Å²) in [5, 5.41) is 8.63. The lowest BCUT2D eigenvalue weighted by molar-refractivity contribution is -0.0987. The standard InChI is InChI=1S/C6H6O.C3H6N6.CH4N2O.2CH2O/c7-6-4-2-1-3-5-6;4-1-7-2(5)9-3(6)8-1;2-1(3)4;2*1-2/h1-5,7H;(H6,4,5,6,7,8,9);(H4,2,3,4);2*1H2. The van der Waals surface area contributed by atoms with Gasteiger partial charge in [0.2, 0.25) is 17.8 Å². The van der Waals surface area contributed by atoms with E-state index < -0.39 is 6.03 Å². The smallest absolute Gasteiger partial charge is 0.309 e. The van der Waals surface area contributed by atoms with Crippen molar-refractivity contribution in [1.82, 2.24) is 15.0 Å². The summed E-state index contributed by atoms with van der Waals surface area (Å²) in [5.74, 6) is 0.447. The molecule has 11 N–H and O–H groups in total. The van der Waals surface area contributed by atoms with Gasteiger partial charge < -0.3 is 43.4 Å². The van der Waals surface area contributed by atoms with Gasteiger partial charge in [-0.2, -0.15) is 15.0 Å². The van der Waals surface area contributed by atoms with Crippen LogP contribution in [0.2, 0.25) is 0 Å². The number of nitrogens with zero attached hydrogens (tertiary/aromatic N) is 3. The van der Waals surface area contributed by atoms with Crippen LogP contribution in [0.4, 0.5) is 22.6 Å². The first-order valence-electron chi connectivity index (χ1n) is 5.70. The number of hydrogen-bond acceptors (Lipinski definition) is 10. The molecule has 0 aliphatic rings. The summed E-state index contributed by atoms with van der Waals surface area (Å²) in [4.78, 5) is 35.5. The number of nitrogen functional groups attached to an aromatic ring is 3. The van der Waals surface area contributed by atoms with Crippen molar-refractivity contribution >= 4 is 37.5 Å².